The lowest BCUT2D eigenvalue weighted by Gasteiger charge is -2.31. The number of aromatic nitrogens is 3. The van der Waals surface area contributed by atoms with Gasteiger partial charge in [0.15, 0.2) is 5.52 Å². The second kappa shape index (κ2) is 9.56. The van der Waals surface area contributed by atoms with E-state index >= 15 is 0 Å². The summed E-state index contributed by atoms with van der Waals surface area (Å²) in [6, 6.07) is 4.70. The minimum Gasteiger partial charge on any atom is -0.739 e. The van der Waals surface area contributed by atoms with Gasteiger partial charge in [-0.2, -0.15) is 0 Å². The van der Waals surface area contributed by atoms with Crippen molar-refractivity contribution in [2.45, 2.75) is 45.0 Å². The number of rotatable bonds is 7. The molecule has 1 fully saturated rings. The number of carbonyl (C=O) groups is 1. The molecule has 1 saturated heterocycles. The van der Waals surface area contributed by atoms with Gasteiger partial charge in [-0.25, -0.2) is 4.73 Å². The smallest absolute Gasteiger partial charge is 0.460 e. The Hall–Kier alpha value is -2.86. The highest BCUT2D eigenvalue weighted by molar-refractivity contribution is 9.10. The number of benzene rings is 1. The Labute approximate surface area is 199 Å². The number of anilines is 1. The number of fused-ring (bicyclic) bond motifs is 1. The molecule has 0 bridgehead atoms. The number of nitrogens with zero attached hydrogens (tertiary/aromatic N) is 4. The zero-order valence-corrected chi connectivity index (χ0v) is 20.0. The molecule has 4 rings (SSSR count). The van der Waals surface area contributed by atoms with Crippen molar-refractivity contribution in [1.29, 1.82) is 0 Å². The summed E-state index contributed by atoms with van der Waals surface area (Å²) in [7, 11) is 0. The summed E-state index contributed by atoms with van der Waals surface area (Å²) in [4.78, 5) is 14.8. The zero-order chi connectivity index (χ0) is 23.6. The van der Waals surface area contributed by atoms with E-state index in [0.717, 1.165) is 31.7 Å². The zero-order valence-electron chi connectivity index (χ0n) is 18.5. The van der Waals surface area contributed by atoms with Crippen LogP contribution in [0.4, 0.5) is 5.95 Å². The molecular weight excluding hydrogens is 498 g/mol. The highest BCUT2D eigenvalue weighted by atomic mass is 79.9. The van der Waals surface area contributed by atoms with Crippen molar-refractivity contribution in [1.82, 2.24) is 10.00 Å². The minimum atomic E-state index is -0.615. The van der Waals surface area contributed by atoms with Crippen molar-refractivity contribution < 1.29 is 28.6 Å². The summed E-state index contributed by atoms with van der Waals surface area (Å²) in [5, 5.41) is 31.0. The van der Waals surface area contributed by atoms with E-state index in [2.05, 4.69) is 31.2 Å². The average molecular weight is 524 g/mol. The van der Waals surface area contributed by atoms with Gasteiger partial charge in [-0.3, -0.25) is 15.0 Å². The van der Waals surface area contributed by atoms with Gasteiger partial charge in [0.25, 0.3) is 0 Å². The molecule has 1 aromatic heterocycles. The second-order valence-corrected chi connectivity index (χ2v) is 9.39. The molecule has 0 atom stereocenters. The monoisotopic (exact) mass is 523 g/mol. The summed E-state index contributed by atoms with van der Waals surface area (Å²) in [5.41, 5.74) is 0.316. The Morgan fingerprint density at radius 1 is 1.33 bits per heavy atom. The number of carbonyl (C=O) groups excluding carboxylic acids is 1. The molecular formula is C21H26BrN5O6. The topological polar surface area (TPSA) is 127 Å². The van der Waals surface area contributed by atoms with Crippen molar-refractivity contribution in [2.24, 2.45) is 0 Å². The Bertz CT molecular complexity index is 1070. The second-order valence-electron chi connectivity index (χ2n) is 8.47. The maximum atomic E-state index is 12.5. The van der Waals surface area contributed by atoms with Crippen LogP contribution in [0.3, 0.4) is 0 Å². The van der Waals surface area contributed by atoms with Crippen LogP contribution in [0, 0.1) is 10.4 Å². The Kier molecular flexibility index (Phi) is 6.75. The maximum absolute atomic E-state index is 12.5. The molecule has 2 aliphatic heterocycles. The molecule has 12 heteroatoms. The number of ether oxygens (including phenoxy) is 3. The average Bonchev–Trinajstić information content (AvgIpc) is 3.11. The number of halogens is 1. The first kappa shape index (κ1) is 23.3. The summed E-state index contributed by atoms with van der Waals surface area (Å²) < 4.78 is 17.9. The Morgan fingerprint density at radius 2 is 2.09 bits per heavy atom. The third-order valence-electron chi connectivity index (χ3n) is 5.42. The lowest BCUT2D eigenvalue weighted by molar-refractivity contribution is -0.672. The molecule has 1 aromatic carbocycles. The molecule has 0 radical (unpaired) electrons. The number of likely N-dealkylation sites (tertiary alicyclic amines) is 1. The van der Waals surface area contributed by atoms with Crippen molar-refractivity contribution in [3.63, 3.8) is 0 Å². The molecule has 1 N–H and O–H groups in total. The van der Waals surface area contributed by atoms with E-state index in [1.54, 1.807) is 12.3 Å². The van der Waals surface area contributed by atoms with E-state index < -0.39 is 5.79 Å². The predicted octanol–water partition coefficient (Wildman–Crippen LogP) is 1.70. The van der Waals surface area contributed by atoms with E-state index in [0.29, 0.717) is 20.6 Å². The molecule has 0 saturated carbocycles. The largest absolute Gasteiger partial charge is 0.739 e. The highest BCUT2D eigenvalue weighted by Crippen LogP contribution is 2.26. The molecule has 0 spiro atoms. The number of esters is 1. The quantitative estimate of drug-likeness (QED) is 0.327. The lowest BCUT2D eigenvalue weighted by Crippen LogP contribution is -2.44. The molecule has 0 unspecified atom stereocenters. The predicted molar refractivity (Wildman–Crippen MR) is 120 cm³/mol. The summed E-state index contributed by atoms with van der Waals surface area (Å²) >= 11 is 3.26. The van der Waals surface area contributed by atoms with E-state index in [1.807, 2.05) is 13.8 Å². The van der Waals surface area contributed by atoms with Gasteiger partial charge in [0, 0.05) is 42.3 Å². The third-order valence-corrected chi connectivity index (χ3v) is 5.91. The van der Waals surface area contributed by atoms with Gasteiger partial charge in [-0.05, 0) is 25.0 Å². The summed E-state index contributed by atoms with van der Waals surface area (Å²) in [6.07, 6.45) is 3.02. The third kappa shape index (κ3) is 5.74. The first-order chi connectivity index (χ1) is 15.7. The van der Waals surface area contributed by atoms with E-state index in [1.165, 1.54) is 12.1 Å². The summed E-state index contributed by atoms with van der Waals surface area (Å²) in [6.45, 7) is 6.08. The van der Waals surface area contributed by atoms with Crippen LogP contribution in [-0.4, -0.2) is 54.0 Å². The fourth-order valence-electron chi connectivity index (χ4n) is 3.79. The Morgan fingerprint density at radius 3 is 2.79 bits per heavy atom. The number of hydrogen-bond acceptors (Lipinski definition) is 9. The van der Waals surface area contributed by atoms with E-state index in [9.17, 15) is 15.2 Å². The minimum absolute atomic E-state index is 0.0479. The van der Waals surface area contributed by atoms with Gasteiger partial charge in [0.05, 0.1) is 19.5 Å². The molecule has 178 valence electrons. The molecule has 2 aromatic rings. The van der Waals surface area contributed by atoms with Gasteiger partial charge in [-0.15, -0.1) is 0 Å². The maximum Gasteiger partial charge on any atom is 0.460 e. The number of piperidine rings is 1. The van der Waals surface area contributed by atoms with Crippen LogP contribution in [0.15, 0.2) is 34.7 Å². The molecule has 0 aliphatic carbocycles. The van der Waals surface area contributed by atoms with Crippen molar-refractivity contribution in [3.8, 4) is 0 Å². The highest BCUT2D eigenvalue weighted by Gasteiger charge is 2.30. The van der Waals surface area contributed by atoms with Gasteiger partial charge in [-0.1, -0.05) is 15.9 Å². The van der Waals surface area contributed by atoms with Crippen LogP contribution in [0.5, 0.6) is 0 Å². The van der Waals surface area contributed by atoms with E-state index in [4.69, 9.17) is 14.2 Å². The van der Waals surface area contributed by atoms with Gasteiger partial charge in [0.2, 0.25) is 10.9 Å². The van der Waals surface area contributed by atoms with Gasteiger partial charge < -0.3 is 24.6 Å². The van der Waals surface area contributed by atoms with Crippen molar-refractivity contribution in [3.05, 3.63) is 45.1 Å². The van der Waals surface area contributed by atoms with Crippen LogP contribution >= 0.6 is 15.9 Å². The Balaban J connectivity index is 1.21. The van der Waals surface area contributed by atoms with Gasteiger partial charge >= 0.3 is 17.4 Å². The fraction of sp³-hybridized carbons (Fsp3) is 0.524. The molecule has 11 nitrogen and oxygen atoms in total. The first-order valence-corrected chi connectivity index (χ1v) is 11.5. The number of hydrogen-bond donors (Lipinski definition) is 1. The van der Waals surface area contributed by atoms with Crippen molar-refractivity contribution in [2.75, 3.05) is 31.5 Å². The molecule has 0 amide bonds. The summed E-state index contributed by atoms with van der Waals surface area (Å²) in [5.74, 6) is -0.353. The van der Waals surface area contributed by atoms with Crippen LogP contribution in [-0.2, 0) is 19.0 Å². The molecule has 3 heterocycles. The fourth-order valence-corrected chi connectivity index (χ4v) is 4.14. The van der Waals surface area contributed by atoms with E-state index in [-0.39, 0.29) is 42.0 Å². The van der Waals surface area contributed by atoms with Crippen LogP contribution < -0.4 is 14.9 Å². The van der Waals surface area contributed by atoms with Crippen molar-refractivity contribution >= 4 is 38.9 Å². The van der Waals surface area contributed by atoms with Crippen LogP contribution in [0.25, 0.3) is 11.0 Å². The SMILES string of the molecule is CC1(C)OC=C(CN2CCC(OC(=O)CCNc3n[n+]([O-])c4cc(Br)ccc4[n+]3[O-])CC2)O1. The van der Waals surface area contributed by atoms with Crippen LogP contribution in [0.2, 0.25) is 0 Å². The molecule has 33 heavy (non-hydrogen) atoms. The van der Waals surface area contributed by atoms with Crippen LogP contribution in [0.1, 0.15) is 33.1 Å². The molecule has 2 aliphatic rings. The van der Waals surface area contributed by atoms with Gasteiger partial charge in [0.1, 0.15) is 18.1 Å². The first-order valence-electron chi connectivity index (χ1n) is 10.7. The lowest BCUT2D eigenvalue weighted by atomic mass is 10.1. The number of nitrogens with one attached hydrogen (secondary N) is 1. The normalized spacial score (nSPS) is 18.5. The standard InChI is InChI=1S/C21H26BrN5O6/c1-21(2)31-13-16(33-21)12-25-9-6-15(7-10-25)32-19(28)5-8-23-20-24-27(30)18-11-14(22)3-4-17(18)26(20)29/h3-4,11,13,15H,5-10,12H2,1-2H3,(H,23,24).